The summed E-state index contributed by atoms with van der Waals surface area (Å²) in [5.41, 5.74) is 0.710. The molecule has 0 saturated carbocycles. The summed E-state index contributed by atoms with van der Waals surface area (Å²) >= 11 is 1.59. The number of amides is 2. The molecule has 0 radical (unpaired) electrons. The number of carbonyl (C=O) groups excluding carboxylic acids is 1. The SMILES string of the molecule is CC(C)Oc1cccc([C@@H](O)CNC(=O)NCc2cccs2)c1. The third-order valence-electron chi connectivity index (χ3n) is 3.07. The fourth-order valence-electron chi connectivity index (χ4n) is 2.02. The summed E-state index contributed by atoms with van der Waals surface area (Å²) in [6.45, 7) is 4.52. The van der Waals surface area contributed by atoms with Crippen LogP contribution in [0.25, 0.3) is 0 Å². The van der Waals surface area contributed by atoms with Crippen LogP contribution < -0.4 is 15.4 Å². The second-order valence-corrected chi connectivity index (χ2v) is 6.43. The lowest BCUT2D eigenvalue weighted by Gasteiger charge is -2.15. The van der Waals surface area contributed by atoms with Crippen LogP contribution in [-0.4, -0.2) is 23.8 Å². The molecular weight excluding hydrogens is 312 g/mol. The first-order valence-electron chi connectivity index (χ1n) is 7.53. The summed E-state index contributed by atoms with van der Waals surface area (Å²) in [7, 11) is 0. The number of urea groups is 1. The van der Waals surface area contributed by atoms with Crippen LogP contribution in [0.5, 0.6) is 5.75 Å². The van der Waals surface area contributed by atoms with E-state index in [-0.39, 0.29) is 18.7 Å². The molecule has 0 fully saturated rings. The van der Waals surface area contributed by atoms with Crippen molar-refractivity contribution in [1.82, 2.24) is 10.6 Å². The van der Waals surface area contributed by atoms with E-state index in [1.54, 1.807) is 17.4 Å². The largest absolute Gasteiger partial charge is 0.491 e. The highest BCUT2D eigenvalue weighted by Crippen LogP contribution is 2.19. The van der Waals surface area contributed by atoms with Gasteiger partial charge in [-0.3, -0.25) is 0 Å². The molecule has 1 aromatic heterocycles. The minimum absolute atomic E-state index is 0.0727. The Balaban J connectivity index is 1.79. The number of nitrogens with one attached hydrogen (secondary N) is 2. The van der Waals surface area contributed by atoms with E-state index < -0.39 is 6.10 Å². The molecule has 1 atom stereocenters. The average molecular weight is 334 g/mol. The first-order valence-corrected chi connectivity index (χ1v) is 8.41. The standard InChI is InChI=1S/C17H22N2O3S/c1-12(2)22-14-6-3-5-13(9-14)16(20)11-19-17(21)18-10-15-7-4-8-23-15/h3-9,12,16,20H,10-11H2,1-2H3,(H2,18,19,21)/t16-/m0/s1. The summed E-state index contributed by atoms with van der Waals surface area (Å²) in [6.07, 6.45) is -0.707. The summed E-state index contributed by atoms with van der Waals surface area (Å²) < 4.78 is 5.60. The minimum atomic E-state index is -0.779. The molecule has 0 unspecified atom stereocenters. The van der Waals surface area contributed by atoms with Crippen molar-refractivity contribution in [3.05, 3.63) is 52.2 Å². The molecule has 6 heteroatoms. The van der Waals surface area contributed by atoms with Crippen molar-refractivity contribution in [3.63, 3.8) is 0 Å². The lowest BCUT2D eigenvalue weighted by atomic mass is 10.1. The molecule has 0 spiro atoms. The van der Waals surface area contributed by atoms with Crippen molar-refractivity contribution in [3.8, 4) is 5.75 Å². The number of aliphatic hydroxyl groups is 1. The molecule has 0 aliphatic rings. The van der Waals surface area contributed by atoms with Gasteiger partial charge >= 0.3 is 6.03 Å². The van der Waals surface area contributed by atoms with Crippen molar-refractivity contribution in [1.29, 1.82) is 0 Å². The van der Waals surface area contributed by atoms with Crippen molar-refractivity contribution in [2.75, 3.05) is 6.54 Å². The summed E-state index contributed by atoms with van der Waals surface area (Å²) in [5, 5.41) is 17.6. The highest BCUT2D eigenvalue weighted by atomic mass is 32.1. The summed E-state index contributed by atoms with van der Waals surface area (Å²) in [4.78, 5) is 12.8. The predicted octanol–water partition coefficient (Wildman–Crippen LogP) is 3.07. The molecule has 2 rings (SSSR count). The van der Waals surface area contributed by atoms with Crippen LogP contribution in [0.4, 0.5) is 4.79 Å². The fourth-order valence-corrected chi connectivity index (χ4v) is 2.66. The zero-order valence-corrected chi connectivity index (χ0v) is 14.1. The van der Waals surface area contributed by atoms with Gasteiger partial charge in [-0.25, -0.2) is 4.79 Å². The normalized spacial score (nSPS) is 12.0. The maximum Gasteiger partial charge on any atom is 0.315 e. The van der Waals surface area contributed by atoms with E-state index in [1.807, 2.05) is 49.6 Å². The van der Waals surface area contributed by atoms with Crippen LogP contribution in [0, 0.1) is 0 Å². The Bertz CT molecular complexity index is 614. The van der Waals surface area contributed by atoms with E-state index >= 15 is 0 Å². The van der Waals surface area contributed by atoms with Crippen molar-refractivity contribution >= 4 is 17.4 Å². The topological polar surface area (TPSA) is 70.6 Å². The molecule has 2 aromatic rings. The van der Waals surface area contributed by atoms with Crippen LogP contribution >= 0.6 is 11.3 Å². The molecule has 0 saturated heterocycles. The Kier molecular flexibility index (Phi) is 6.43. The summed E-state index contributed by atoms with van der Waals surface area (Å²) in [6, 6.07) is 10.9. The van der Waals surface area contributed by atoms with Gasteiger partial charge < -0.3 is 20.5 Å². The first-order chi connectivity index (χ1) is 11.0. The summed E-state index contributed by atoms with van der Waals surface area (Å²) in [5.74, 6) is 0.707. The van der Waals surface area contributed by atoms with Crippen molar-refractivity contribution in [2.45, 2.75) is 32.6 Å². The van der Waals surface area contributed by atoms with Gasteiger partial charge in [0.05, 0.1) is 18.8 Å². The third kappa shape index (κ3) is 5.92. The molecule has 0 aliphatic heterocycles. The lowest BCUT2D eigenvalue weighted by molar-refractivity contribution is 0.172. The number of rotatable bonds is 7. The Morgan fingerprint density at radius 3 is 2.78 bits per heavy atom. The quantitative estimate of drug-likeness (QED) is 0.729. The van der Waals surface area contributed by atoms with Gasteiger partial charge in [0.1, 0.15) is 5.75 Å². The van der Waals surface area contributed by atoms with E-state index in [0.717, 1.165) is 4.88 Å². The maximum absolute atomic E-state index is 11.7. The zero-order chi connectivity index (χ0) is 16.7. The third-order valence-corrected chi connectivity index (χ3v) is 3.95. The number of hydrogen-bond donors (Lipinski definition) is 3. The fraction of sp³-hybridized carbons (Fsp3) is 0.353. The predicted molar refractivity (Wildman–Crippen MR) is 91.7 cm³/mol. The lowest BCUT2D eigenvalue weighted by Crippen LogP contribution is -2.37. The Morgan fingerprint density at radius 2 is 2.09 bits per heavy atom. The van der Waals surface area contributed by atoms with E-state index in [9.17, 15) is 9.90 Å². The molecule has 2 amide bonds. The molecule has 23 heavy (non-hydrogen) atoms. The second-order valence-electron chi connectivity index (χ2n) is 5.40. The molecule has 5 nitrogen and oxygen atoms in total. The Labute approximate surface area is 140 Å². The van der Waals surface area contributed by atoms with E-state index in [0.29, 0.717) is 17.9 Å². The smallest absolute Gasteiger partial charge is 0.315 e. The first kappa shape index (κ1) is 17.3. The number of thiophene rings is 1. The minimum Gasteiger partial charge on any atom is -0.491 e. The second kappa shape index (κ2) is 8.55. The van der Waals surface area contributed by atoms with Gasteiger partial charge in [-0.15, -0.1) is 11.3 Å². The zero-order valence-electron chi connectivity index (χ0n) is 13.3. The van der Waals surface area contributed by atoms with Gasteiger partial charge in [0.2, 0.25) is 0 Å². The van der Waals surface area contributed by atoms with Crippen LogP contribution in [0.2, 0.25) is 0 Å². The van der Waals surface area contributed by atoms with Crippen LogP contribution in [0.3, 0.4) is 0 Å². The Morgan fingerprint density at radius 1 is 1.26 bits per heavy atom. The average Bonchev–Trinajstić information content (AvgIpc) is 3.03. The van der Waals surface area contributed by atoms with Gasteiger partial charge in [-0.2, -0.15) is 0 Å². The molecule has 1 heterocycles. The number of hydrogen-bond acceptors (Lipinski definition) is 4. The van der Waals surface area contributed by atoms with Crippen LogP contribution in [0.15, 0.2) is 41.8 Å². The van der Waals surface area contributed by atoms with Gasteiger partial charge in [0, 0.05) is 11.4 Å². The highest BCUT2D eigenvalue weighted by Gasteiger charge is 2.11. The van der Waals surface area contributed by atoms with E-state index in [4.69, 9.17) is 4.74 Å². The van der Waals surface area contributed by atoms with Gasteiger partial charge in [-0.05, 0) is 43.0 Å². The molecule has 0 aliphatic carbocycles. The molecule has 3 N–H and O–H groups in total. The molecule has 124 valence electrons. The number of aliphatic hydroxyl groups excluding tert-OH is 1. The highest BCUT2D eigenvalue weighted by molar-refractivity contribution is 7.09. The Hall–Kier alpha value is -2.05. The van der Waals surface area contributed by atoms with Crippen LogP contribution in [0.1, 0.15) is 30.4 Å². The molecule has 1 aromatic carbocycles. The number of benzene rings is 1. The van der Waals surface area contributed by atoms with Gasteiger partial charge in [0.15, 0.2) is 0 Å². The molecule has 0 bridgehead atoms. The van der Waals surface area contributed by atoms with E-state index in [1.165, 1.54) is 0 Å². The maximum atomic E-state index is 11.7. The van der Waals surface area contributed by atoms with E-state index in [2.05, 4.69) is 10.6 Å². The van der Waals surface area contributed by atoms with Crippen molar-refractivity contribution < 1.29 is 14.6 Å². The van der Waals surface area contributed by atoms with Crippen molar-refractivity contribution in [2.24, 2.45) is 0 Å². The van der Waals surface area contributed by atoms with Crippen LogP contribution in [-0.2, 0) is 6.54 Å². The molecular formula is C17H22N2O3S. The monoisotopic (exact) mass is 334 g/mol. The van der Waals surface area contributed by atoms with Gasteiger partial charge in [0.25, 0.3) is 0 Å². The number of carbonyl (C=O) groups is 1. The van der Waals surface area contributed by atoms with Gasteiger partial charge in [-0.1, -0.05) is 18.2 Å². The number of ether oxygens (including phenoxy) is 1.